The third-order valence-electron chi connectivity index (χ3n) is 14.2. The van der Waals surface area contributed by atoms with E-state index in [1.54, 1.807) is 6.08 Å². The largest absolute Gasteiger partial charge is 0.466 e. The van der Waals surface area contributed by atoms with Crippen molar-refractivity contribution in [3.63, 3.8) is 0 Å². The van der Waals surface area contributed by atoms with Crippen LogP contribution in [-0.4, -0.2) is 47.4 Å². The summed E-state index contributed by atoms with van der Waals surface area (Å²) in [5.41, 5.74) is 0. The number of hydrogen-bond acceptors (Lipinski definition) is 5. The van der Waals surface area contributed by atoms with Crippen LogP contribution in [0.15, 0.2) is 24.3 Å². The molecule has 1 amide bonds. The SMILES string of the molecule is CCCCCCCCCCCCCCCCCCCC/C=C/C(O)C(CO)NC(=O)CCCCCCCCC/C=C\CCCCCCCCCCCOC(=O)CCCCCCCCCCCCC. The standard InChI is InChI=1S/C62H119NO5/c1-3-5-7-9-11-13-15-16-17-18-19-22-25-28-31-35-38-42-46-50-54-60(65)59(58-64)63-61(66)55-51-47-43-39-36-32-29-26-23-20-21-24-27-30-33-37-41-45-49-53-57-68-62(67)56-52-48-44-40-34-14-12-10-8-6-4-2/h20,23,50,54,59-60,64-65H,3-19,21-22,24-49,51-53,55-58H2,1-2H3,(H,63,66)/b23-20-,54-50+. The van der Waals surface area contributed by atoms with Crippen molar-refractivity contribution in [3.05, 3.63) is 24.3 Å². The molecule has 0 radical (unpaired) electrons. The highest BCUT2D eigenvalue weighted by Crippen LogP contribution is 2.17. The van der Waals surface area contributed by atoms with Gasteiger partial charge in [0.1, 0.15) is 0 Å². The molecule has 0 heterocycles. The topological polar surface area (TPSA) is 95.9 Å². The molecule has 0 aromatic carbocycles. The first-order chi connectivity index (χ1) is 33.5. The summed E-state index contributed by atoms with van der Waals surface area (Å²) in [5.74, 6) is -0.0683. The average Bonchev–Trinajstić information content (AvgIpc) is 3.34. The van der Waals surface area contributed by atoms with E-state index in [9.17, 15) is 19.8 Å². The van der Waals surface area contributed by atoms with Gasteiger partial charge in [-0.05, 0) is 57.8 Å². The number of carbonyl (C=O) groups is 2. The van der Waals surface area contributed by atoms with Gasteiger partial charge in [0.05, 0.1) is 25.4 Å². The third-order valence-corrected chi connectivity index (χ3v) is 14.2. The van der Waals surface area contributed by atoms with Crippen molar-refractivity contribution < 1.29 is 24.5 Å². The first-order valence-corrected chi connectivity index (χ1v) is 30.6. The second-order valence-corrected chi connectivity index (χ2v) is 21.0. The first-order valence-electron chi connectivity index (χ1n) is 30.6. The van der Waals surface area contributed by atoms with Crippen molar-refractivity contribution in [3.8, 4) is 0 Å². The predicted octanol–water partition coefficient (Wildman–Crippen LogP) is 19.0. The van der Waals surface area contributed by atoms with E-state index in [0.29, 0.717) is 19.4 Å². The highest BCUT2D eigenvalue weighted by Gasteiger charge is 2.18. The van der Waals surface area contributed by atoms with E-state index < -0.39 is 12.1 Å². The Labute approximate surface area is 424 Å². The second kappa shape index (κ2) is 57.9. The maximum absolute atomic E-state index is 12.5. The van der Waals surface area contributed by atoms with Gasteiger partial charge in [0.15, 0.2) is 0 Å². The van der Waals surface area contributed by atoms with Crippen LogP contribution < -0.4 is 5.32 Å². The Morgan fingerprint density at radius 3 is 1.04 bits per heavy atom. The van der Waals surface area contributed by atoms with Gasteiger partial charge in [-0.3, -0.25) is 9.59 Å². The van der Waals surface area contributed by atoms with E-state index >= 15 is 0 Å². The van der Waals surface area contributed by atoms with Crippen LogP contribution in [-0.2, 0) is 14.3 Å². The molecule has 0 fully saturated rings. The van der Waals surface area contributed by atoms with Gasteiger partial charge in [-0.25, -0.2) is 0 Å². The van der Waals surface area contributed by atoms with Gasteiger partial charge in [-0.15, -0.1) is 0 Å². The number of ether oxygens (including phenoxy) is 1. The predicted molar refractivity (Wildman–Crippen MR) is 296 cm³/mol. The fraction of sp³-hybridized carbons (Fsp3) is 0.903. The Bertz CT molecular complexity index is 1060. The number of esters is 1. The number of hydrogen-bond donors (Lipinski definition) is 3. The van der Waals surface area contributed by atoms with E-state index in [1.165, 1.54) is 257 Å². The Balaban J connectivity index is 3.47. The maximum Gasteiger partial charge on any atom is 0.305 e. The molecule has 6 nitrogen and oxygen atoms in total. The Morgan fingerprint density at radius 1 is 0.397 bits per heavy atom. The summed E-state index contributed by atoms with van der Waals surface area (Å²) in [6.07, 6.45) is 70.7. The lowest BCUT2D eigenvalue weighted by Crippen LogP contribution is -2.45. The Kier molecular flexibility index (Phi) is 56.5. The first kappa shape index (κ1) is 66.3. The van der Waals surface area contributed by atoms with Crippen LogP contribution in [0.4, 0.5) is 0 Å². The van der Waals surface area contributed by atoms with Gasteiger partial charge in [0, 0.05) is 12.8 Å². The van der Waals surface area contributed by atoms with Crippen LogP contribution in [0.25, 0.3) is 0 Å². The number of nitrogens with one attached hydrogen (secondary N) is 1. The minimum atomic E-state index is -0.850. The molecule has 0 aromatic heterocycles. The molecule has 2 atom stereocenters. The van der Waals surface area contributed by atoms with Crippen molar-refractivity contribution in [2.45, 2.75) is 347 Å². The lowest BCUT2D eigenvalue weighted by molar-refractivity contribution is -0.143. The van der Waals surface area contributed by atoms with Crippen LogP contribution in [0, 0.1) is 0 Å². The molecule has 2 unspecified atom stereocenters. The van der Waals surface area contributed by atoms with Gasteiger partial charge < -0.3 is 20.3 Å². The fourth-order valence-electron chi connectivity index (χ4n) is 9.51. The van der Waals surface area contributed by atoms with Crippen molar-refractivity contribution in [1.82, 2.24) is 5.32 Å². The molecule has 0 aliphatic rings. The van der Waals surface area contributed by atoms with Crippen molar-refractivity contribution in [2.24, 2.45) is 0 Å². The minimum Gasteiger partial charge on any atom is -0.466 e. The van der Waals surface area contributed by atoms with Crippen molar-refractivity contribution in [2.75, 3.05) is 13.2 Å². The molecule has 0 bridgehead atoms. The van der Waals surface area contributed by atoms with Gasteiger partial charge in [-0.1, -0.05) is 289 Å². The quantitative estimate of drug-likeness (QED) is 0.0321. The molecular formula is C62H119NO5. The fourth-order valence-corrected chi connectivity index (χ4v) is 9.51. The molecule has 68 heavy (non-hydrogen) atoms. The highest BCUT2D eigenvalue weighted by molar-refractivity contribution is 5.76. The van der Waals surface area contributed by atoms with E-state index in [-0.39, 0.29) is 18.5 Å². The van der Waals surface area contributed by atoms with Crippen LogP contribution in [0.2, 0.25) is 0 Å². The molecule has 0 saturated heterocycles. The summed E-state index contributed by atoms with van der Waals surface area (Å²) in [4.78, 5) is 24.5. The summed E-state index contributed by atoms with van der Waals surface area (Å²) < 4.78 is 5.46. The summed E-state index contributed by atoms with van der Waals surface area (Å²) in [7, 11) is 0. The Hall–Kier alpha value is -1.66. The molecule has 0 saturated carbocycles. The lowest BCUT2D eigenvalue weighted by Gasteiger charge is -2.20. The minimum absolute atomic E-state index is 0.00556. The molecule has 0 aliphatic heterocycles. The number of rotatable bonds is 57. The number of unbranched alkanes of at least 4 members (excludes halogenated alkanes) is 44. The van der Waals surface area contributed by atoms with E-state index in [4.69, 9.17) is 4.74 Å². The number of allylic oxidation sites excluding steroid dienone is 3. The maximum atomic E-state index is 12.5. The molecule has 0 aromatic rings. The van der Waals surface area contributed by atoms with E-state index in [1.807, 2.05) is 6.08 Å². The second-order valence-electron chi connectivity index (χ2n) is 21.0. The lowest BCUT2D eigenvalue weighted by atomic mass is 10.0. The summed E-state index contributed by atoms with van der Waals surface area (Å²) in [6, 6.07) is -0.634. The Morgan fingerprint density at radius 2 is 0.691 bits per heavy atom. The average molecular weight is 959 g/mol. The summed E-state index contributed by atoms with van der Waals surface area (Å²) >= 11 is 0. The van der Waals surface area contributed by atoms with E-state index in [2.05, 4.69) is 31.3 Å². The van der Waals surface area contributed by atoms with Gasteiger partial charge >= 0.3 is 5.97 Å². The molecule has 3 N–H and O–H groups in total. The summed E-state index contributed by atoms with van der Waals surface area (Å²) in [5, 5.41) is 23.2. The monoisotopic (exact) mass is 958 g/mol. The van der Waals surface area contributed by atoms with Crippen LogP contribution >= 0.6 is 0 Å². The van der Waals surface area contributed by atoms with Crippen LogP contribution in [0.1, 0.15) is 335 Å². The molecule has 6 heteroatoms. The smallest absolute Gasteiger partial charge is 0.305 e. The third kappa shape index (κ3) is 53.7. The zero-order chi connectivity index (χ0) is 49.3. The normalized spacial score (nSPS) is 12.7. The van der Waals surface area contributed by atoms with Gasteiger partial charge in [0.25, 0.3) is 0 Å². The molecule has 402 valence electrons. The molecule has 0 spiro atoms. The molecular weight excluding hydrogens is 839 g/mol. The highest BCUT2D eigenvalue weighted by atomic mass is 16.5. The van der Waals surface area contributed by atoms with Crippen LogP contribution in [0.3, 0.4) is 0 Å². The summed E-state index contributed by atoms with van der Waals surface area (Å²) in [6.45, 7) is 4.91. The van der Waals surface area contributed by atoms with E-state index in [0.717, 1.165) is 51.4 Å². The number of amides is 1. The molecule has 0 rings (SSSR count). The van der Waals surface area contributed by atoms with Crippen molar-refractivity contribution in [1.29, 1.82) is 0 Å². The molecule has 0 aliphatic carbocycles. The van der Waals surface area contributed by atoms with Crippen molar-refractivity contribution >= 4 is 11.9 Å². The zero-order valence-electron chi connectivity index (χ0n) is 45.9. The zero-order valence-corrected chi connectivity index (χ0v) is 45.9. The number of carbonyl (C=O) groups excluding carboxylic acids is 2. The number of aliphatic hydroxyl groups excluding tert-OH is 2. The van der Waals surface area contributed by atoms with Crippen LogP contribution in [0.5, 0.6) is 0 Å². The van der Waals surface area contributed by atoms with Gasteiger partial charge in [0.2, 0.25) is 5.91 Å². The van der Waals surface area contributed by atoms with Gasteiger partial charge in [-0.2, -0.15) is 0 Å². The number of aliphatic hydroxyl groups is 2.